The van der Waals surface area contributed by atoms with Gasteiger partial charge in [-0.1, -0.05) is 6.42 Å². The van der Waals surface area contributed by atoms with Gasteiger partial charge in [0.25, 0.3) is 0 Å². The molecule has 2 aliphatic heterocycles. The Labute approximate surface area is 171 Å². The molecular formula is C22H30FN3O3. The quantitative estimate of drug-likeness (QED) is 0.774. The average molecular weight is 403 g/mol. The third-order valence-corrected chi connectivity index (χ3v) is 6.50. The van der Waals surface area contributed by atoms with Crippen molar-refractivity contribution in [1.29, 1.82) is 0 Å². The van der Waals surface area contributed by atoms with Crippen LogP contribution in [0.15, 0.2) is 24.3 Å². The minimum Gasteiger partial charge on any atom is -0.488 e. The first-order valence-electron chi connectivity index (χ1n) is 10.7. The Kier molecular flexibility index (Phi) is 6.04. The van der Waals surface area contributed by atoms with Crippen LogP contribution in [-0.4, -0.2) is 77.4 Å². The molecule has 3 fully saturated rings. The minimum atomic E-state index is -0.479. The molecule has 7 heteroatoms. The van der Waals surface area contributed by atoms with Crippen LogP contribution in [0.4, 0.5) is 4.39 Å². The molecule has 158 valence electrons. The summed E-state index contributed by atoms with van der Waals surface area (Å²) in [4.78, 5) is 31.5. The van der Waals surface area contributed by atoms with Crippen molar-refractivity contribution in [2.75, 3.05) is 32.7 Å². The molecule has 6 nitrogen and oxygen atoms in total. The van der Waals surface area contributed by atoms with E-state index in [4.69, 9.17) is 4.74 Å². The van der Waals surface area contributed by atoms with Gasteiger partial charge in [0.05, 0.1) is 6.54 Å². The lowest BCUT2D eigenvalue weighted by atomic mass is 9.91. The van der Waals surface area contributed by atoms with Crippen molar-refractivity contribution in [2.24, 2.45) is 0 Å². The number of halogens is 1. The fourth-order valence-corrected chi connectivity index (χ4v) is 4.66. The van der Waals surface area contributed by atoms with Crippen molar-refractivity contribution in [3.8, 4) is 5.75 Å². The molecule has 1 saturated carbocycles. The lowest BCUT2D eigenvalue weighted by Gasteiger charge is -2.36. The summed E-state index contributed by atoms with van der Waals surface area (Å²) in [6.07, 6.45) is 5.04. The first kappa shape index (κ1) is 20.1. The fraction of sp³-hybridized carbons (Fsp3) is 0.636. The Balaban J connectivity index is 1.39. The summed E-state index contributed by atoms with van der Waals surface area (Å²) >= 11 is 0. The maximum absolute atomic E-state index is 13.3. The molecule has 3 aliphatic rings. The first-order chi connectivity index (χ1) is 14.0. The smallest absolute Gasteiger partial charge is 0.245 e. The van der Waals surface area contributed by atoms with E-state index in [-0.39, 0.29) is 23.7 Å². The molecule has 0 spiro atoms. The predicted octanol–water partition coefficient (Wildman–Crippen LogP) is 2.28. The second kappa shape index (κ2) is 8.69. The fourth-order valence-electron chi connectivity index (χ4n) is 4.66. The first-order valence-corrected chi connectivity index (χ1v) is 10.7. The number of amides is 2. The van der Waals surface area contributed by atoms with E-state index in [0.717, 1.165) is 32.6 Å². The maximum Gasteiger partial charge on any atom is 0.245 e. The van der Waals surface area contributed by atoms with Gasteiger partial charge in [-0.2, -0.15) is 0 Å². The van der Waals surface area contributed by atoms with Gasteiger partial charge >= 0.3 is 0 Å². The second-order valence-electron chi connectivity index (χ2n) is 8.42. The van der Waals surface area contributed by atoms with E-state index in [1.54, 1.807) is 17.0 Å². The van der Waals surface area contributed by atoms with Crippen molar-refractivity contribution in [3.63, 3.8) is 0 Å². The number of rotatable bonds is 4. The summed E-state index contributed by atoms with van der Waals surface area (Å²) in [5.41, 5.74) is 0. The standard InChI is InChI=1S/C22H30FN3O3/c1-16(27)26-15-20(29-19-8-6-17(23)7-9-19)14-21(26)22(28)25-11-3-10-24(12-13-25)18-4-2-5-18/h6-9,18,20-21H,2-5,10-15H2,1H3/t20?,21-/m0/s1. The number of nitrogens with zero attached hydrogens (tertiary/aromatic N) is 3. The van der Waals surface area contributed by atoms with E-state index in [1.165, 1.54) is 38.3 Å². The molecule has 1 aromatic carbocycles. The summed E-state index contributed by atoms with van der Waals surface area (Å²) < 4.78 is 19.1. The molecule has 0 N–H and O–H groups in total. The van der Waals surface area contributed by atoms with Crippen molar-refractivity contribution >= 4 is 11.8 Å². The molecule has 0 bridgehead atoms. The lowest BCUT2D eigenvalue weighted by Crippen LogP contribution is -2.48. The van der Waals surface area contributed by atoms with Gasteiger partial charge in [0, 0.05) is 45.6 Å². The molecule has 0 aromatic heterocycles. The van der Waals surface area contributed by atoms with E-state index in [2.05, 4.69) is 4.90 Å². The van der Waals surface area contributed by atoms with Crippen LogP contribution in [0.5, 0.6) is 5.75 Å². The second-order valence-corrected chi connectivity index (χ2v) is 8.42. The number of hydrogen-bond donors (Lipinski definition) is 0. The summed E-state index contributed by atoms with van der Waals surface area (Å²) in [5, 5.41) is 0. The molecule has 2 saturated heterocycles. The maximum atomic E-state index is 13.3. The van der Waals surface area contributed by atoms with E-state index in [9.17, 15) is 14.0 Å². The normalized spacial score (nSPS) is 26.1. The van der Waals surface area contributed by atoms with Crippen molar-refractivity contribution in [3.05, 3.63) is 30.1 Å². The van der Waals surface area contributed by atoms with E-state index >= 15 is 0 Å². The highest BCUT2D eigenvalue weighted by atomic mass is 19.1. The number of carbonyl (C=O) groups excluding carboxylic acids is 2. The largest absolute Gasteiger partial charge is 0.488 e. The Morgan fingerprint density at radius 2 is 1.79 bits per heavy atom. The summed E-state index contributed by atoms with van der Waals surface area (Å²) in [7, 11) is 0. The molecule has 1 aromatic rings. The zero-order valence-electron chi connectivity index (χ0n) is 17.1. The predicted molar refractivity (Wildman–Crippen MR) is 107 cm³/mol. The van der Waals surface area contributed by atoms with E-state index in [0.29, 0.717) is 24.8 Å². The molecule has 2 amide bonds. The number of hydrogen-bond acceptors (Lipinski definition) is 4. The van der Waals surface area contributed by atoms with Crippen molar-refractivity contribution in [2.45, 2.75) is 57.2 Å². The summed E-state index contributed by atoms with van der Waals surface area (Å²) in [6, 6.07) is 6.06. The summed E-state index contributed by atoms with van der Waals surface area (Å²) in [5.74, 6) is 0.151. The average Bonchev–Trinajstić information content (AvgIpc) is 2.93. The number of likely N-dealkylation sites (tertiary alicyclic amines) is 1. The number of ether oxygens (including phenoxy) is 1. The van der Waals surface area contributed by atoms with Gasteiger partial charge in [-0.15, -0.1) is 0 Å². The van der Waals surface area contributed by atoms with E-state index in [1.807, 2.05) is 4.90 Å². The monoisotopic (exact) mass is 403 g/mol. The van der Waals surface area contributed by atoms with Crippen molar-refractivity contribution in [1.82, 2.24) is 14.7 Å². The van der Waals surface area contributed by atoms with Crippen LogP contribution in [-0.2, 0) is 9.59 Å². The van der Waals surface area contributed by atoms with Crippen LogP contribution >= 0.6 is 0 Å². The van der Waals surface area contributed by atoms with Gasteiger partial charge in [0.2, 0.25) is 11.8 Å². The highest BCUT2D eigenvalue weighted by molar-refractivity contribution is 5.87. The molecule has 4 rings (SSSR count). The van der Waals surface area contributed by atoms with Crippen LogP contribution in [0.2, 0.25) is 0 Å². The highest BCUT2D eigenvalue weighted by Crippen LogP contribution is 2.27. The molecular weight excluding hydrogens is 373 g/mol. The van der Waals surface area contributed by atoms with Gasteiger partial charge in [-0.3, -0.25) is 14.5 Å². The van der Waals surface area contributed by atoms with Gasteiger partial charge in [-0.25, -0.2) is 4.39 Å². The molecule has 1 aliphatic carbocycles. The third-order valence-electron chi connectivity index (χ3n) is 6.50. The van der Waals surface area contributed by atoms with Crippen LogP contribution in [0.25, 0.3) is 0 Å². The van der Waals surface area contributed by atoms with Crippen LogP contribution in [0.1, 0.15) is 39.0 Å². The van der Waals surface area contributed by atoms with Gasteiger partial charge in [0.1, 0.15) is 23.7 Å². The van der Waals surface area contributed by atoms with Crippen LogP contribution in [0.3, 0.4) is 0 Å². The highest BCUT2D eigenvalue weighted by Gasteiger charge is 2.41. The van der Waals surface area contributed by atoms with Gasteiger partial charge < -0.3 is 14.5 Å². The zero-order valence-corrected chi connectivity index (χ0v) is 17.1. The topological polar surface area (TPSA) is 53.1 Å². The van der Waals surface area contributed by atoms with E-state index < -0.39 is 6.04 Å². The van der Waals surface area contributed by atoms with Crippen LogP contribution < -0.4 is 4.74 Å². The lowest BCUT2D eigenvalue weighted by molar-refractivity contribution is -0.142. The Morgan fingerprint density at radius 3 is 2.45 bits per heavy atom. The number of benzene rings is 1. The van der Waals surface area contributed by atoms with Crippen molar-refractivity contribution < 1.29 is 18.7 Å². The molecule has 2 heterocycles. The van der Waals surface area contributed by atoms with Crippen LogP contribution in [0, 0.1) is 5.82 Å². The molecule has 1 unspecified atom stereocenters. The summed E-state index contributed by atoms with van der Waals surface area (Å²) in [6.45, 7) is 5.31. The SMILES string of the molecule is CC(=O)N1CC(Oc2ccc(F)cc2)C[C@H]1C(=O)N1CCCN(C2CCC2)CC1. The Morgan fingerprint density at radius 1 is 1.03 bits per heavy atom. The zero-order chi connectivity index (χ0) is 20.4. The Hall–Kier alpha value is -2.15. The molecule has 2 atom stereocenters. The van der Waals surface area contributed by atoms with Gasteiger partial charge in [0.15, 0.2) is 0 Å². The minimum absolute atomic E-state index is 0.0286. The Bertz CT molecular complexity index is 737. The molecule has 29 heavy (non-hydrogen) atoms. The third kappa shape index (κ3) is 4.55. The van der Waals surface area contributed by atoms with Gasteiger partial charge in [-0.05, 0) is 43.5 Å². The number of carbonyl (C=O) groups is 2. The molecule has 0 radical (unpaired) electrons.